The molecule has 0 unspecified atom stereocenters. The lowest BCUT2D eigenvalue weighted by Crippen LogP contribution is -2.24. The predicted molar refractivity (Wildman–Crippen MR) is 104 cm³/mol. The molecule has 0 fully saturated rings. The molecule has 1 nitrogen and oxygen atoms in total. The number of rotatable bonds is 0. The second-order valence-electron chi connectivity index (χ2n) is 7.37. The standard InChI is InChI=1S/C24H17N/c1-24(2)21-12-15(14-25)10-11-19(21)20-9-5-7-17-13-16-6-3-4-8-18(16)23(24)22(17)20/h3-13H,1-2H3. The van der Waals surface area contributed by atoms with Crippen LogP contribution in [0.15, 0.2) is 66.7 Å². The zero-order valence-electron chi connectivity index (χ0n) is 14.3. The molecular formula is C24H17N. The first-order valence-corrected chi connectivity index (χ1v) is 8.61. The molecule has 1 heteroatoms. The van der Waals surface area contributed by atoms with Crippen LogP contribution in [-0.2, 0) is 5.41 Å². The van der Waals surface area contributed by atoms with Gasteiger partial charge in [0.1, 0.15) is 0 Å². The van der Waals surface area contributed by atoms with E-state index in [9.17, 15) is 5.26 Å². The van der Waals surface area contributed by atoms with E-state index in [4.69, 9.17) is 0 Å². The lowest BCUT2D eigenvalue weighted by atomic mass is 9.67. The van der Waals surface area contributed by atoms with Crippen molar-refractivity contribution in [3.63, 3.8) is 0 Å². The fourth-order valence-corrected chi connectivity index (χ4v) is 4.50. The van der Waals surface area contributed by atoms with Crippen molar-refractivity contribution in [3.8, 4) is 17.2 Å². The van der Waals surface area contributed by atoms with Crippen LogP contribution in [0.25, 0.3) is 32.7 Å². The van der Waals surface area contributed by atoms with Gasteiger partial charge in [-0.25, -0.2) is 0 Å². The summed E-state index contributed by atoms with van der Waals surface area (Å²) in [5, 5.41) is 14.6. The highest BCUT2D eigenvalue weighted by Crippen LogP contribution is 2.51. The van der Waals surface area contributed by atoms with Crippen LogP contribution in [0.4, 0.5) is 0 Å². The van der Waals surface area contributed by atoms with Crippen LogP contribution in [0.5, 0.6) is 0 Å². The third-order valence-electron chi connectivity index (χ3n) is 5.63. The van der Waals surface area contributed by atoms with Crippen molar-refractivity contribution >= 4 is 21.5 Å². The predicted octanol–water partition coefficient (Wildman–Crippen LogP) is 6.17. The SMILES string of the molecule is CC1(C)c2cc(C#N)ccc2-c2cccc3cc4ccccc4c1c23. The maximum absolute atomic E-state index is 9.38. The Morgan fingerprint density at radius 2 is 1.60 bits per heavy atom. The highest BCUT2D eigenvalue weighted by Gasteiger charge is 2.35. The maximum atomic E-state index is 9.38. The molecule has 1 aliphatic carbocycles. The van der Waals surface area contributed by atoms with Crippen LogP contribution < -0.4 is 0 Å². The minimum absolute atomic E-state index is 0.157. The summed E-state index contributed by atoms with van der Waals surface area (Å²) in [4.78, 5) is 0. The highest BCUT2D eigenvalue weighted by molar-refractivity contribution is 6.11. The van der Waals surface area contributed by atoms with E-state index in [-0.39, 0.29) is 5.41 Å². The molecule has 0 amide bonds. The number of hydrogen-bond acceptors (Lipinski definition) is 1. The molecule has 0 N–H and O–H groups in total. The summed E-state index contributed by atoms with van der Waals surface area (Å²) in [6, 6.07) is 25.9. The van der Waals surface area contributed by atoms with Crippen molar-refractivity contribution in [1.82, 2.24) is 0 Å². The van der Waals surface area contributed by atoms with Gasteiger partial charge in [-0.15, -0.1) is 0 Å². The Balaban J connectivity index is 2.07. The molecule has 0 saturated carbocycles. The van der Waals surface area contributed by atoms with E-state index >= 15 is 0 Å². The molecule has 0 radical (unpaired) electrons. The Labute approximate surface area is 147 Å². The molecule has 4 aromatic carbocycles. The van der Waals surface area contributed by atoms with Crippen molar-refractivity contribution in [2.75, 3.05) is 0 Å². The van der Waals surface area contributed by atoms with Gasteiger partial charge in [-0.1, -0.05) is 62.4 Å². The van der Waals surface area contributed by atoms with Crippen LogP contribution in [0.1, 0.15) is 30.5 Å². The zero-order valence-corrected chi connectivity index (χ0v) is 14.3. The molecule has 25 heavy (non-hydrogen) atoms. The van der Waals surface area contributed by atoms with Gasteiger partial charge in [0, 0.05) is 5.41 Å². The molecule has 4 aromatic rings. The molecule has 0 saturated heterocycles. The molecule has 5 rings (SSSR count). The van der Waals surface area contributed by atoms with Gasteiger partial charge in [0.25, 0.3) is 0 Å². The van der Waals surface area contributed by atoms with E-state index in [1.165, 1.54) is 43.8 Å². The van der Waals surface area contributed by atoms with E-state index < -0.39 is 0 Å². The third-order valence-corrected chi connectivity index (χ3v) is 5.63. The summed E-state index contributed by atoms with van der Waals surface area (Å²) in [6.45, 7) is 4.56. The maximum Gasteiger partial charge on any atom is 0.0991 e. The van der Waals surface area contributed by atoms with Gasteiger partial charge in [-0.05, 0) is 62.0 Å². The van der Waals surface area contributed by atoms with Crippen molar-refractivity contribution in [3.05, 3.63) is 83.4 Å². The molecule has 118 valence electrons. The Morgan fingerprint density at radius 1 is 0.800 bits per heavy atom. The molecular weight excluding hydrogens is 302 g/mol. The van der Waals surface area contributed by atoms with E-state index in [0.29, 0.717) is 0 Å². The average Bonchev–Trinajstić information content (AvgIpc) is 2.64. The quantitative estimate of drug-likeness (QED) is 0.355. The van der Waals surface area contributed by atoms with E-state index in [1.807, 2.05) is 6.07 Å². The fourth-order valence-electron chi connectivity index (χ4n) is 4.50. The van der Waals surface area contributed by atoms with Crippen molar-refractivity contribution in [2.24, 2.45) is 0 Å². The third kappa shape index (κ3) is 1.77. The summed E-state index contributed by atoms with van der Waals surface area (Å²) in [5.41, 5.74) is 5.70. The number of nitrogens with zero attached hydrogens (tertiary/aromatic N) is 1. The minimum atomic E-state index is -0.157. The van der Waals surface area contributed by atoms with Crippen molar-refractivity contribution in [2.45, 2.75) is 19.3 Å². The number of hydrogen-bond donors (Lipinski definition) is 0. The lowest BCUT2D eigenvalue weighted by molar-refractivity contribution is 0.651. The second kappa shape index (κ2) is 4.71. The van der Waals surface area contributed by atoms with E-state index in [1.54, 1.807) is 0 Å². The van der Waals surface area contributed by atoms with Crippen LogP contribution in [-0.4, -0.2) is 0 Å². The van der Waals surface area contributed by atoms with Gasteiger partial charge in [-0.3, -0.25) is 0 Å². The second-order valence-corrected chi connectivity index (χ2v) is 7.37. The zero-order chi connectivity index (χ0) is 17.2. The van der Waals surface area contributed by atoms with Gasteiger partial charge in [-0.2, -0.15) is 5.26 Å². The minimum Gasteiger partial charge on any atom is -0.192 e. The van der Waals surface area contributed by atoms with Gasteiger partial charge in [0.15, 0.2) is 0 Å². The van der Waals surface area contributed by atoms with Gasteiger partial charge >= 0.3 is 0 Å². The molecule has 0 bridgehead atoms. The summed E-state index contributed by atoms with van der Waals surface area (Å²) in [7, 11) is 0. The molecule has 0 atom stereocenters. The van der Waals surface area contributed by atoms with Crippen molar-refractivity contribution in [1.29, 1.82) is 5.26 Å². The van der Waals surface area contributed by atoms with Gasteiger partial charge < -0.3 is 0 Å². The molecule has 1 aliphatic rings. The normalized spacial score (nSPS) is 14.3. The smallest absolute Gasteiger partial charge is 0.0991 e. The highest BCUT2D eigenvalue weighted by atomic mass is 14.4. The summed E-state index contributed by atoms with van der Waals surface area (Å²) >= 11 is 0. The monoisotopic (exact) mass is 319 g/mol. The van der Waals surface area contributed by atoms with Crippen LogP contribution >= 0.6 is 0 Å². The Hall–Kier alpha value is -3.11. The molecule has 0 spiro atoms. The Bertz CT molecular complexity index is 1220. The Kier molecular flexibility index (Phi) is 2.68. The fraction of sp³-hybridized carbons (Fsp3) is 0.125. The van der Waals surface area contributed by atoms with E-state index in [0.717, 1.165) is 5.56 Å². The Morgan fingerprint density at radius 3 is 2.44 bits per heavy atom. The van der Waals surface area contributed by atoms with Crippen LogP contribution in [0, 0.1) is 11.3 Å². The van der Waals surface area contributed by atoms with Crippen LogP contribution in [0.3, 0.4) is 0 Å². The van der Waals surface area contributed by atoms with Crippen molar-refractivity contribution < 1.29 is 0 Å². The van der Waals surface area contributed by atoms with E-state index in [2.05, 4.69) is 80.6 Å². The first kappa shape index (κ1) is 14.3. The number of benzene rings is 4. The molecule has 0 aliphatic heterocycles. The topological polar surface area (TPSA) is 23.8 Å². The van der Waals surface area contributed by atoms with Crippen LogP contribution in [0.2, 0.25) is 0 Å². The van der Waals surface area contributed by atoms with Gasteiger partial charge in [0.05, 0.1) is 11.6 Å². The average molecular weight is 319 g/mol. The molecule has 0 heterocycles. The first-order valence-electron chi connectivity index (χ1n) is 8.61. The summed E-state index contributed by atoms with van der Waals surface area (Å²) in [5.74, 6) is 0. The first-order chi connectivity index (χ1) is 12.1. The lowest BCUT2D eigenvalue weighted by Gasteiger charge is -2.36. The number of nitriles is 1. The number of fused-ring (bicyclic) bond motifs is 4. The summed E-state index contributed by atoms with van der Waals surface area (Å²) in [6.07, 6.45) is 0. The summed E-state index contributed by atoms with van der Waals surface area (Å²) < 4.78 is 0. The largest absolute Gasteiger partial charge is 0.192 e. The van der Waals surface area contributed by atoms with Gasteiger partial charge in [0.2, 0.25) is 0 Å². The molecule has 0 aromatic heterocycles.